The quantitative estimate of drug-likeness (QED) is 0.887. The first-order chi connectivity index (χ1) is 10.5. The first kappa shape index (κ1) is 16.2. The van der Waals surface area contributed by atoms with E-state index in [0.717, 1.165) is 17.9 Å². The average molecular weight is 300 g/mol. The maximum atomic E-state index is 11.7. The fourth-order valence-electron chi connectivity index (χ4n) is 2.52. The number of carbonyl (C=O) groups excluding carboxylic acids is 1. The number of nitrogens with one attached hydrogen (secondary N) is 1. The van der Waals surface area contributed by atoms with Crippen LogP contribution >= 0.6 is 0 Å². The molecule has 0 bridgehead atoms. The Kier molecular flexibility index (Phi) is 5.33. The highest BCUT2D eigenvalue weighted by Crippen LogP contribution is 2.20. The highest BCUT2D eigenvalue weighted by atomic mass is 16.1. The molecule has 0 aliphatic rings. The number of imidazole rings is 1. The van der Waals surface area contributed by atoms with E-state index in [1.54, 1.807) is 13.2 Å². The van der Waals surface area contributed by atoms with Crippen LogP contribution in [0.15, 0.2) is 36.7 Å². The molecule has 22 heavy (non-hydrogen) atoms. The van der Waals surface area contributed by atoms with Crippen LogP contribution in [-0.4, -0.2) is 41.5 Å². The Hall–Kier alpha value is -2.14. The summed E-state index contributed by atoms with van der Waals surface area (Å²) in [6.07, 6.45) is 3.71. The molecule has 0 saturated heterocycles. The summed E-state index contributed by atoms with van der Waals surface area (Å²) in [6, 6.07) is 8.38. The molecule has 0 aliphatic carbocycles. The molecule has 2 aromatic rings. The van der Waals surface area contributed by atoms with Crippen molar-refractivity contribution in [2.45, 2.75) is 20.0 Å². The molecule has 1 heterocycles. The molecule has 1 N–H and O–H groups in total. The highest BCUT2D eigenvalue weighted by Gasteiger charge is 2.14. The van der Waals surface area contributed by atoms with E-state index in [9.17, 15) is 4.79 Å². The zero-order valence-electron chi connectivity index (χ0n) is 13.7. The standard InChI is InChI=1S/C17H24N4O/c1-13(17(22)18-2)11-21-9-8-19-16(21)15-7-5-6-14(10-15)12-20(3)4/h5-10,13H,11-12H2,1-4H3,(H,18,22)/t13-/m0/s1. The van der Waals surface area contributed by atoms with E-state index in [4.69, 9.17) is 0 Å². The summed E-state index contributed by atoms with van der Waals surface area (Å²) in [5.74, 6) is 0.847. The fourth-order valence-corrected chi connectivity index (χ4v) is 2.52. The second kappa shape index (κ2) is 7.22. The molecule has 0 aliphatic heterocycles. The van der Waals surface area contributed by atoms with Crippen molar-refractivity contribution in [1.82, 2.24) is 19.8 Å². The summed E-state index contributed by atoms with van der Waals surface area (Å²) < 4.78 is 2.04. The highest BCUT2D eigenvalue weighted by molar-refractivity contribution is 5.77. The van der Waals surface area contributed by atoms with Crippen LogP contribution < -0.4 is 5.32 Å². The van der Waals surface area contributed by atoms with E-state index in [1.165, 1.54) is 5.56 Å². The number of hydrogen-bond donors (Lipinski definition) is 1. The summed E-state index contributed by atoms with van der Waals surface area (Å²) >= 11 is 0. The van der Waals surface area contributed by atoms with E-state index in [0.29, 0.717) is 6.54 Å². The zero-order chi connectivity index (χ0) is 16.1. The van der Waals surface area contributed by atoms with Gasteiger partial charge in [-0.3, -0.25) is 4.79 Å². The Morgan fingerprint density at radius 3 is 2.86 bits per heavy atom. The molecule has 0 saturated carbocycles. The van der Waals surface area contributed by atoms with Crippen LogP contribution in [0.5, 0.6) is 0 Å². The number of benzene rings is 1. The SMILES string of the molecule is CNC(=O)[C@@H](C)Cn1ccnc1-c1cccc(CN(C)C)c1. The van der Waals surface area contributed by atoms with Crippen molar-refractivity contribution in [2.75, 3.05) is 21.1 Å². The first-order valence-corrected chi connectivity index (χ1v) is 7.48. The maximum absolute atomic E-state index is 11.7. The Balaban J connectivity index is 2.23. The van der Waals surface area contributed by atoms with Gasteiger partial charge in [0.25, 0.3) is 0 Å². The van der Waals surface area contributed by atoms with Crippen molar-refractivity contribution in [3.05, 3.63) is 42.2 Å². The molecule has 2 rings (SSSR count). The number of amides is 1. The number of rotatable bonds is 6. The monoisotopic (exact) mass is 300 g/mol. The van der Waals surface area contributed by atoms with Gasteiger partial charge in [-0.25, -0.2) is 4.98 Å². The van der Waals surface area contributed by atoms with Crippen LogP contribution in [0.3, 0.4) is 0 Å². The van der Waals surface area contributed by atoms with Crippen molar-refractivity contribution in [3.8, 4) is 11.4 Å². The van der Waals surface area contributed by atoms with Gasteiger partial charge in [-0.15, -0.1) is 0 Å². The largest absolute Gasteiger partial charge is 0.359 e. The zero-order valence-corrected chi connectivity index (χ0v) is 13.7. The van der Waals surface area contributed by atoms with Gasteiger partial charge in [0.1, 0.15) is 5.82 Å². The van der Waals surface area contributed by atoms with Gasteiger partial charge in [0.05, 0.1) is 5.92 Å². The molecule has 1 amide bonds. The molecular weight excluding hydrogens is 276 g/mol. The van der Waals surface area contributed by atoms with E-state index in [-0.39, 0.29) is 11.8 Å². The minimum Gasteiger partial charge on any atom is -0.359 e. The van der Waals surface area contributed by atoms with E-state index in [2.05, 4.69) is 53.6 Å². The number of hydrogen-bond acceptors (Lipinski definition) is 3. The number of aromatic nitrogens is 2. The van der Waals surface area contributed by atoms with Gasteiger partial charge < -0.3 is 14.8 Å². The fraction of sp³-hybridized carbons (Fsp3) is 0.412. The summed E-state index contributed by atoms with van der Waals surface area (Å²) in [4.78, 5) is 18.3. The Bertz CT molecular complexity index is 633. The van der Waals surface area contributed by atoms with Gasteiger partial charge in [0.15, 0.2) is 0 Å². The number of nitrogens with zero attached hydrogens (tertiary/aromatic N) is 3. The topological polar surface area (TPSA) is 50.2 Å². The molecular formula is C17H24N4O. The van der Waals surface area contributed by atoms with Crippen LogP contribution in [0.1, 0.15) is 12.5 Å². The minimum atomic E-state index is -0.0945. The van der Waals surface area contributed by atoms with Gasteiger partial charge in [-0.05, 0) is 25.7 Å². The van der Waals surface area contributed by atoms with Crippen LogP contribution in [0, 0.1) is 5.92 Å². The normalized spacial score (nSPS) is 12.4. The predicted molar refractivity (Wildman–Crippen MR) is 88.3 cm³/mol. The maximum Gasteiger partial charge on any atom is 0.224 e. The summed E-state index contributed by atoms with van der Waals surface area (Å²) in [5.41, 5.74) is 2.32. The van der Waals surface area contributed by atoms with Crippen molar-refractivity contribution in [1.29, 1.82) is 0 Å². The third-order valence-electron chi connectivity index (χ3n) is 3.56. The summed E-state index contributed by atoms with van der Waals surface area (Å²) in [7, 11) is 5.77. The lowest BCUT2D eigenvalue weighted by Gasteiger charge is -2.14. The first-order valence-electron chi connectivity index (χ1n) is 7.48. The van der Waals surface area contributed by atoms with Crippen molar-refractivity contribution < 1.29 is 4.79 Å². The minimum absolute atomic E-state index is 0.0426. The van der Waals surface area contributed by atoms with Crippen LogP contribution in [0.25, 0.3) is 11.4 Å². The molecule has 0 fully saturated rings. The molecule has 0 radical (unpaired) electrons. The molecule has 5 heteroatoms. The summed E-state index contributed by atoms with van der Waals surface area (Å²) in [5, 5.41) is 2.69. The Labute approximate surface area is 132 Å². The average Bonchev–Trinajstić information content (AvgIpc) is 2.94. The predicted octanol–water partition coefficient (Wildman–Crippen LogP) is 1.99. The Morgan fingerprint density at radius 1 is 1.41 bits per heavy atom. The lowest BCUT2D eigenvalue weighted by Crippen LogP contribution is -2.28. The van der Waals surface area contributed by atoms with Crippen molar-refractivity contribution >= 4 is 5.91 Å². The molecule has 1 aromatic heterocycles. The second-order valence-corrected chi connectivity index (χ2v) is 5.86. The smallest absolute Gasteiger partial charge is 0.224 e. The van der Waals surface area contributed by atoms with Crippen LogP contribution in [0.2, 0.25) is 0 Å². The molecule has 5 nitrogen and oxygen atoms in total. The molecule has 1 aromatic carbocycles. The lowest BCUT2D eigenvalue weighted by molar-refractivity contribution is -0.124. The Morgan fingerprint density at radius 2 is 2.18 bits per heavy atom. The molecule has 1 atom stereocenters. The lowest BCUT2D eigenvalue weighted by atomic mass is 10.1. The van der Waals surface area contributed by atoms with Crippen LogP contribution in [-0.2, 0) is 17.9 Å². The molecule has 0 unspecified atom stereocenters. The van der Waals surface area contributed by atoms with Crippen molar-refractivity contribution in [3.63, 3.8) is 0 Å². The van der Waals surface area contributed by atoms with Crippen molar-refractivity contribution in [2.24, 2.45) is 5.92 Å². The third kappa shape index (κ3) is 3.95. The van der Waals surface area contributed by atoms with Gasteiger partial charge >= 0.3 is 0 Å². The van der Waals surface area contributed by atoms with E-state index >= 15 is 0 Å². The summed E-state index contributed by atoms with van der Waals surface area (Å²) in [6.45, 7) is 3.43. The van der Waals surface area contributed by atoms with Gasteiger partial charge in [-0.1, -0.05) is 25.1 Å². The van der Waals surface area contributed by atoms with E-state index < -0.39 is 0 Å². The molecule has 0 spiro atoms. The second-order valence-electron chi connectivity index (χ2n) is 5.86. The number of carbonyl (C=O) groups is 1. The van der Waals surface area contributed by atoms with Crippen LogP contribution in [0.4, 0.5) is 0 Å². The van der Waals surface area contributed by atoms with Gasteiger partial charge in [-0.2, -0.15) is 0 Å². The third-order valence-corrected chi connectivity index (χ3v) is 3.56. The van der Waals surface area contributed by atoms with Gasteiger partial charge in [0.2, 0.25) is 5.91 Å². The van der Waals surface area contributed by atoms with E-state index in [1.807, 2.05) is 17.7 Å². The van der Waals surface area contributed by atoms with Gasteiger partial charge in [0, 0.05) is 38.1 Å². The molecule has 118 valence electrons.